The lowest BCUT2D eigenvalue weighted by Gasteiger charge is -2.23. The second kappa shape index (κ2) is 4.83. The van der Waals surface area contributed by atoms with Crippen LogP contribution in [0.3, 0.4) is 0 Å². The first-order valence-electron chi connectivity index (χ1n) is 7.34. The average molecular weight is 317 g/mol. The van der Waals surface area contributed by atoms with Crippen molar-refractivity contribution in [2.24, 2.45) is 11.7 Å². The number of fused-ring (bicyclic) bond motifs is 5. The summed E-state index contributed by atoms with van der Waals surface area (Å²) in [5.74, 6) is -0.794. The summed E-state index contributed by atoms with van der Waals surface area (Å²) in [5.41, 5.74) is 9.31. The third kappa shape index (κ3) is 2.07. The molecule has 1 unspecified atom stereocenters. The van der Waals surface area contributed by atoms with E-state index in [1.54, 1.807) is 4.68 Å². The van der Waals surface area contributed by atoms with Gasteiger partial charge in [0.25, 0.3) is 0 Å². The summed E-state index contributed by atoms with van der Waals surface area (Å²) in [4.78, 5) is 24.3. The fourth-order valence-corrected chi connectivity index (χ4v) is 3.31. The van der Waals surface area contributed by atoms with E-state index >= 15 is 0 Å². The van der Waals surface area contributed by atoms with Crippen LogP contribution in [-0.4, -0.2) is 43.5 Å². The van der Waals surface area contributed by atoms with Gasteiger partial charge in [-0.1, -0.05) is 5.16 Å². The summed E-state index contributed by atoms with van der Waals surface area (Å²) in [6.45, 7) is 1.03. The molecule has 2 aromatic heterocycles. The Bertz CT molecular complexity index is 808. The summed E-state index contributed by atoms with van der Waals surface area (Å²) < 4.78 is 6.79. The van der Waals surface area contributed by atoms with Gasteiger partial charge in [0.05, 0.1) is 30.4 Å². The van der Waals surface area contributed by atoms with E-state index in [4.69, 9.17) is 10.3 Å². The molecule has 0 bridgehead atoms. The molecule has 9 nitrogen and oxygen atoms in total. The summed E-state index contributed by atoms with van der Waals surface area (Å²) in [6, 6.07) is 0. The minimum absolute atomic E-state index is 0.257. The van der Waals surface area contributed by atoms with Crippen molar-refractivity contribution in [1.29, 1.82) is 0 Å². The number of aromatic nitrogens is 3. The second-order valence-electron chi connectivity index (χ2n) is 5.90. The number of hydrogen-bond donors (Lipinski definition) is 2. The lowest BCUT2D eigenvalue weighted by atomic mass is 9.98. The van der Waals surface area contributed by atoms with Crippen LogP contribution in [0.5, 0.6) is 0 Å². The van der Waals surface area contributed by atoms with Crippen molar-refractivity contribution in [2.45, 2.75) is 25.9 Å². The number of amides is 2. The van der Waals surface area contributed by atoms with Crippen LogP contribution >= 0.6 is 0 Å². The first-order chi connectivity index (χ1) is 11.0. The average Bonchev–Trinajstić information content (AvgIpc) is 3.06. The van der Waals surface area contributed by atoms with E-state index in [1.807, 2.05) is 0 Å². The number of nitrogens with zero attached hydrogens (tertiary/aromatic N) is 4. The molecule has 2 aromatic rings. The molecule has 120 valence electrons. The number of carbonyl (C=O) groups excluding carboxylic acids is 1. The fraction of sp³-hybridized carbons (Fsp3) is 0.429. The van der Waals surface area contributed by atoms with E-state index in [0.717, 1.165) is 22.5 Å². The highest BCUT2D eigenvalue weighted by Crippen LogP contribution is 2.35. The molecule has 23 heavy (non-hydrogen) atoms. The first-order valence-corrected chi connectivity index (χ1v) is 7.34. The molecule has 1 atom stereocenters. The zero-order valence-corrected chi connectivity index (χ0v) is 12.2. The van der Waals surface area contributed by atoms with Crippen LogP contribution in [0.4, 0.5) is 4.79 Å². The molecule has 2 amide bonds. The maximum atomic E-state index is 11.7. The van der Waals surface area contributed by atoms with Crippen molar-refractivity contribution in [2.75, 3.05) is 6.54 Å². The van der Waals surface area contributed by atoms with Crippen LogP contribution in [0.2, 0.25) is 0 Å². The Morgan fingerprint density at radius 2 is 2.26 bits per heavy atom. The van der Waals surface area contributed by atoms with Crippen molar-refractivity contribution in [3.63, 3.8) is 0 Å². The third-order valence-corrected chi connectivity index (χ3v) is 4.50. The molecule has 0 spiro atoms. The van der Waals surface area contributed by atoms with E-state index in [0.29, 0.717) is 31.6 Å². The van der Waals surface area contributed by atoms with Gasteiger partial charge in [-0.05, 0) is 6.42 Å². The van der Waals surface area contributed by atoms with E-state index in [2.05, 4.69) is 10.3 Å². The molecule has 2 aliphatic rings. The zero-order chi connectivity index (χ0) is 16.1. The van der Waals surface area contributed by atoms with Gasteiger partial charge in [-0.15, -0.1) is 0 Å². The number of nitrogens with two attached hydrogens (primary N) is 1. The highest BCUT2D eigenvalue weighted by molar-refractivity contribution is 5.78. The minimum Gasteiger partial charge on any atom is -0.465 e. The molecule has 9 heteroatoms. The van der Waals surface area contributed by atoms with Gasteiger partial charge >= 0.3 is 6.09 Å². The second-order valence-corrected chi connectivity index (χ2v) is 5.90. The Morgan fingerprint density at radius 1 is 1.43 bits per heavy atom. The smallest absolute Gasteiger partial charge is 0.407 e. The minimum atomic E-state index is -0.959. The van der Waals surface area contributed by atoms with Crippen molar-refractivity contribution < 1.29 is 19.2 Å². The predicted molar refractivity (Wildman–Crippen MR) is 76.3 cm³/mol. The number of primary amides is 1. The Balaban J connectivity index is 1.86. The maximum Gasteiger partial charge on any atom is 0.407 e. The van der Waals surface area contributed by atoms with Gasteiger partial charge in [0.1, 0.15) is 12.0 Å². The lowest BCUT2D eigenvalue weighted by molar-refractivity contribution is -0.122. The van der Waals surface area contributed by atoms with Gasteiger partial charge in [-0.25, -0.2) is 4.79 Å². The van der Waals surface area contributed by atoms with Crippen LogP contribution in [0.1, 0.15) is 16.8 Å². The van der Waals surface area contributed by atoms with Gasteiger partial charge in [0.15, 0.2) is 0 Å². The van der Waals surface area contributed by atoms with Gasteiger partial charge in [-0.2, -0.15) is 5.10 Å². The largest absolute Gasteiger partial charge is 0.465 e. The quantitative estimate of drug-likeness (QED) is 0.775. The van der Waals surface area contributed by atoms with Gasteiger partial charge in [0.2, 0.25) is 5.91 Å². The molecule has 0 radical (unpaired) electrons. The van der Waals surface area contributed by atoms with Crippen LogP contribution in [-0.2, 0) is 30.7 Å². The molecular weight excluding hydrogens is 302 g/mol. The normalized spacial score (nSPS) is 19.5. The van der Waals surface area contributed by atoms with Crippen molar-refractivity contribution in [3.8, 4) is 11.4 Å². The number of rotatable bonds is 1. The molecule has 0 saturated heterocycles. The van der Waals surface area contributed by atoms with Crippen LogP contribution in [0.25, 0.3) is 11.4 Å². The highest BCUT2D eigenvalue weighted by atomic mass is 16.5. The Labute approximate surface area is 130 Å². The number of carboxylic acid groups (broad SMARTS) is 1. The SMILES string of the molecule is NC(=O)C1Cc2conc2-c2c3c(nn2C1)CCN(C(=O)O)C3. The third-order valence-electron chi connectivity index (χ3n) is 4.50. The molecule has 3 N–H and O–H groups in total. The molecule has 4 rings (SSSR count). The Kier molecular flexibility index (Phi) is 2.90. The topological polar surface area (TPSA) is 127 Å². The van der Waals surface area contributed by atoms with E-state index in [9.17, 15) is 14.7 Å². The molecule has 0 aliphatic carbocycles. The number of carbonyl (C=O) groups is 2. The molecule has 0 saturated carbocycles. The molecule has 0 fully saturated rings. The zero-order valence-electron chi connectivity index (χ0n) is 12.2. The van der Waals surface area contributed by atoms with Crippen LogP contribution in [0.15, 0.2) is 10.8 Å². The molecular formula is C14H15N5O4. The van der Waals surface area contributed by atoms with Crippen molar-refractivity contribution >= 4 is 12.0 Å². The number of hydrogen-bond acceptors (Lipinski definition) is 5. The van der Waals surface area contributed by atoms with Gasteiger partial charge < -0.3 is 20.3 Å². The van der Waals surface area contributed by atoms with Gasteiger partial charge in [0, 0.05) is 24.1 Å². The van der Waals surface area contributed by atoms with E-state index in [-0.39, 0.29) is 6.54 Å². The van der Waals surface area contributed by atoms with Crippen LogP contribution < -0.4 is 5.73 Å². The highest BCUT2D eigenvalue weighted by Gasteiger charge is 2.34. The predicted octanol–water partition coefficient (Wildman–Crippen LogP) is 0.232. The monoisotopic (exact) mass is 317 g/mol. The van der Waals surface area contributed by atoms with Crippen LogP contribution in [0, 0.1) is 5.92 Å². The lowest BCUT2D eigenvalue weighted by Crippen LogP contribution is -2.34. The standard InChI is InChI=1S/C14H15N5O4/c15-13(20)7-3-8-6-23-17-11(8)12-9-5-18(14(21)22)2-1-10(9)16-19(12)4-7/h6-7H,1-5H2,(H2,15,20)(H,21,22). The summed E-state index contributed by atoms with van der Waals surface area (Å²) in [6.07, 6.45) is 1.53. The Morgan fingerprint density at radius 3 is 3.00 bits per heavy atom. The van der Waals surface area contributed by atoms with Gasteiger partial charge in [-0.3, -0.25) is 9.48 Å². The fourth-order valence-electron chi connectivity index (χ4n) is 3.31. The molecule has 4 heterocycles. The molecule has 2 aliphatic heterocycles. The van der Waals surface area contributed by atoms with Crippen molar-refractivity contribution in [1.82, 2.24) is 19.8 Å². The Hall–Kier alpha value is -2.84. The summed E-state index contributed by atoms with van der Waals surface area (Å²) >= 11 is 0. The van der Waals surface area contributed by atoms with Crippen molar-refractivity contribution in [3.05, 3.63) is 23.1 Å². The summed E-state index contributed by atoms with van der Waals surface area (Å²) in [7, 11) is 0. The maximum absolute atomic E-state index is 11.7. The molecule has 0 aromatic carbocycles. The summed E-state index contributed by atoms with van der Waals surface area (Å²) in [5, 5.41) is 17.8. The first kappa shape index (κ1) is 13.8. The van der Waals surface area contributed by atoms with E-state index in [1.165, 1.54) is 11.2 Å². The van der Waals surface area contributed by atoms with E-state index < -0.39 is 17.9 Å².